The molecule has 5 rings (SSSR count). The number of carbonyl (C=O) groups is 2. The Morgan fingerprint density at radius 1 is 1.03 bits per heavy atom. The van der Waals surface area contributed by atoms with E-state index in [1.54, 1.807) is 12.4 Å². The molecule has 2 aromatic heterocycles. The molecule has 1 saturated heterocycles. The zero-order valence-corrected chi connectivity index (χ0v) is 21.0. The van der Waals surface area contributed by atoms with Gasteiger partial charge < -0.3 is 14.0 Å². The van der Waals surface area contributed by atoms with Gasteiger partial charge in [-0.3, -0.25) is 19.9 Å². The first kappa shape index (κ1) is 26.3. The topological polar surface area (TPSA) is 95.3 Å². The molecule has 1 atom stereocenters. The van der Waals surface area contributed by atoms with Crippen molar-refractivity contribution in [2.75, 3.05) is 0 Å². The predicted octanol–water partition coefficient (Wildman–Crippen LogP) is 5.08. The Balaban J connectivity index is 0.00000171. The van der Waals surface area contributed by atoms with Gasteiger partial charge in [-0.2, -0.15) is 0 Å². The first-order valence-corrected chi connectivity index (χ1v) is 11.2. The van der Waals surface area contributed by atoms with E-state index >= 15 is 0 Å². The smallest absolute Gasteiger partial charge is 0.286 e. The second kappa shape index (κ2) is 11.4. The number of hydrogen-bond acceptors (Lipinski definition) is 7. The molecule has 0 aliphatic carbocycles. The van der Waals surface area contributed by atoms with Crippen LogP contribution in [0.4, 0.5) is 4.79 Å². The monoisotopic (exact) mass is 532 g/mol. The van der Waals surface area contributed by atoms with Gasteiger partial charge in [-0.05, 0) is 48.4 Å². The third kappa shape index (κ3) is 6.05. The summed E-state index contributed by atoms with van der Waals surface area (Å²) in [5.41, 5.74) is 2.76. The van der Waals surface area contributed by atoms with Crippen molar-refractivity contribution in [3.63, 3.8) is 0 Å². The van der Waals surface area contributed by atoms with Crippen LogP contribution >= 0.6 is 36.6 Å². The number of imide groups is 1. The van der Waals surface area contributed by atoms with E-state index in [1.165, 1.54) is 0 Å². The molecule has 35 heavy (non-hydrogen) atoms. The van der Waals surface area contributed by atoms with E-state index in [1.807, 2.05) is 66.2 Å². The molecule has 1 N–H and O–H groups in total. The highest BCUT2D eigenvalue weighted by atomic mass is 35.5. The number of rotatable bonds is 7. The number of pyridine rings is 1. The lowest BCUT2D eigenvalue weighted by Crippen LogP contribution is -2.25. The Bertz CT molecular complexity index is 1330. The van der Waals surface area contributed by atoms with Crippen LogP contribution in [-0.2, 0) is 24.9 Å². The minimum absolute atomic E-state index is 0. The van der Waals surface area contributed by atoms with Crippen LogP contribution in [0.2, 0.25) is 0 Å². The minimum atomic E-state index is -0.378. The molecule has 182 valence electrons. The van der Waals surface area contributed by atoms with Gasteiger partial charge in [0.2, 0.25) is 5.91 Å². The third-order valence-corrected chi connectivity index (χ3v) is 6.28. The largest absolute Gasteiger partial charge is 0.486 e. The lowest BCUT2D eigenvalue weighted by atomic mass is 10.1. The van der Waals surface area contributed by atoms with Crippen molar-refractivity contribution in [3.05, 3.63) is 78.4 Å². The molecule has 8 nitrogen and oxygen atoms in total. The van der Waals surface area contributed by atoms with Gasteiger partial charge in [0.25, 0.3) is 5.24 Å². The molecule has 0 saturated carbocycles. The van der Waals surface area contributed by atoms with E-state index in [4.69, 9.17) is 9.47 Å². The van der Waals surface area contributed by atoms with Crippen molar-refractivity contribution in [3.8, 4) is 17.2 Å². The molecule has 11 heteroatoms. The predicted molar refractivity (Wildman–Crippen MR) is 139 cm³/mol. The number of fused-ring (bicyclic) bond motifs is 1. The lowest BCUT2D eigenvalue weighted by molar-refractivity contribution is -0.118. The Hall–Kier alpha value is -3.27. The summed E-state index contributed by atoms with van der Waals surface area (Å²) >= 11 is 1.03. The van der Waals surface area contributed by atoms with Crippen LogP contribution in [0.5, 0.6) is 17.2 Å². The number of benzene rings is 2. The molecular formula is C24H22Cl2N4O4S. The van der Waals surface area contributed by atoms with Gasteiger partial charge in [-0.15, -0.1) is 24.8 Å². The fourth-order valence-corrected chi connectivity index (χ4v) is 4.43. The molecule has 3 heterocycles. The van der Waals surface area contributed by atoms with Gasteiger partial charge in [-0.25, -0.2) is 4.98 Å². The Morgan fingerprint density at radius 3 is 2.49 bits per heavy atom. The highest BCUT2D eigenvalue weighted by Gasteiger charge is 2.31. The van der Waals surface area contributed by atoms with E-state index in [0.717, 1.165) is 34.2 Å². The van der Waals surface area contributed by atoms with Crippen LogP contribution in [0.25, 0.3) is 11.0 Å². The highest BCUT2D eigenvalue weighted by Crippen LogP contribution is 2.27. The van der Waals surface area contributed by atoms with Gasteiger partial charge in [-0.1, -0.05) is 23.9 Å². The standard InChI is InChI=1S/C24H20N4O4S.2ClH/c1-28-20-12-17(32-18-3-2-10-25-13-18)8-9-19(20)26-22(28)14-31-16-6-4-15(5-7-16)11-21-23(29)27-24(30)33-21;;/h2-10,12-13,21H,11,14H2,1H3,(H,27,29,30);2*1H. The Morgan fingerprint density at radius 2 is 1.80 bits per heavy atom. The molecule has 2 aromatic carbocycles. The molecule has 1 aliphatic heterocycles. The van der Waals surface area contributed by atoms with Crippen LogP contribution < -0.4 is 14.8 Å². The fraction of sp³-hybridized carbons (Fsp3) is 0.167. The molecule has 0 bridgehead atoms. The Kier molecular flexibility index (Phi) is 8.61. The summed E-state index contributed by atoms with van der Waals surface area (Å²) in [4.78, 5) is 31.8. The average molecular weight is 533 g/mol. The van der Waals surface area contributed by atoms with Crippen molar-refractivity contribution in [2.45, 2.75) is 18.3 Å². The van der Waals surface area contributed by atoms with E-state index in [9.17, 15) is 9.59 Å². The van der Waals surface area contributed by atoms with E-state index in [2.05, 4.69) is 15.3 Å². The molecule has 0 radical (unpaired) electrons. The van der Waals surface area contributed by atoms with Crippen molar-refractivity contribution in [2.24, 2.45) is 7.05 Å². The summed E-state index contributed by atoms with van der Waals surface area (Å²) in [6, 6.07) is 16.9. The Labute approximate surface area is 218 Å². The van der Waals surface area contributed by atoms with Gasteiger partial charge >= 0.3 is 0 Å². The molecule has 1 aliphatic rings. The normalized spacial score (nSPS) is 14.7. The number of nitrogens with zero attached hydrogens (tertiary/aromatic N) is 3. The molecular weight excluding hydrogens is 511 g/mol. The van der Waals surface area contributed by atoms with Crippen molar-refractivity contribution < 1.29 is 19.1 Å². The lowest BCUT2D eigenvalue weighted by Gasteiger charge is -2.09. The number of thioether (sulfide) groups is 1. The summed E-state index contributed by atoms with van der Waals surface area (Å²) in [5, 5.41) is 1.64. The third-order valence-electron chi connectivity index (χ3n) is 5.29. The van der Waals surface area contributed by atoms with Gasteiger partial charge in [0.05, 0.1) is 22.5 Å². The summed E-state index contributed by atoms with van der Waals surface area (Å²) in [6.07, 6.45) is 3.86. The van der Waals surface area contributed by atoms with Crippen LogP contribution in [-0.4, -0.2) is 30.9 Å². The van der Waals surface area contributed by atoms with Gasteiger partial charge in [0, 0.05) is 19.3 Å². The summed E-state index contributed by atoms with van der Waals surface area (Å²) < 4.78 is 13.8. The average Bonchev–Trinajstić information content (AvgIpc) is 3.31. The number of ether oxygens (including phenoxy) is 2. The SMILES string of the molecule is Cl.Cl.Cn1c(COc2ccc(CC3SC(=O)NC3=O)cc2)nc2ccc(Oc3cccnc3)cc21. The van der Waals surface area contributed by atoms with E-state index in [0.29, 0.717) is 30.3 Å². The maximum Gasteiger partial charge on any atom is 0.286 e. The minimum Gasteiger partial charge on any atom is -0.486 e. The number of imidazole rings is 1. The number of halogens is 2. The maximum absolute atomic E-state index is 11.7. The number of aromatic nitrogens is 3. The molecule has 2 amide bonds. The number of carbonyl (C=O) groups excluding carboxylic acids is 2. The second-order valence-electron chi connectivity index (χ2n) is 7.55. The van der Waals surface area contributed by atoms with Crippen LogP contribution in [0.1, 0.15) is 11.4 Å². The summed E-state index contributed by atoms with van der Waals surface area (Å²) in [6.45, 7) is 0.304. The second-order valence-corrected chi connectivity index (χ2v) is 8.72. The summed E-state index contributed by atoms with van der Waals surface area (Å²) in [5.74, 6) is 2.62. The zero-order chi connectivity index (χ0) is 22.8. The van der Waals surface area contributed by atoms with Crippen molar-refractivity contribution in [1.29, 1.82) is 0 Å². The number of amides is 2. The number of nitrogens with one attached hydrogen (secondary N) is 1. The number of hydrogen-bond donors (Lipinski definition) is 1. The van der Waals surface area contributed by atoms with Crippen LogP contribution in [0.3, 0.4) is 0 Å². The zero-order valence-electron chi connectivity index (χ0n) is 18.5. The quantitative estimate of drug-likeness (QED) is 0.354. The molecule has 1 fully saturated rings. The first-order valence-electron chi connectivity index (χ1n) is 10.3. The maximum atomic E-state index is 11.7. The van der Waals surface area contributed by atoms with E-state index < -0.39 is 0 Å². The van der Waals surface area contributed by atoms with Crippen molar-refractivity contribution in [1.82, 2.24) is 19.9 Å². The van der Waals surface area contributed by atoms with Crippen LogP contribution in [0, 0.1) is 0 Å². The summed E-state index contributed by atoms with van der Waals surface area (Å²) in [7, 11) is 1.94. The molecule has 4 aromatic rings. The number of aryl methyl sites for hydroxylation is 1. The molecule has 1 unspecified atom stereocenters. The van der Waals surface area contributed by atoms with Crippen molar-refractivity contribution >= 4 is 58.8 Å². The van der Waals surface area contributed by atoms with Crippen LogP contribution in [0.15, 0.2) is 67.0 Å². The molecule has 0 spiro atoms. The van der Waals surface area contributed by atoms with Gasteiger partial charge in [0.1, 0.15) is 29.7 Å². The van der Waals surface area contributed by atoms with Gasteiger partial charge in [0.15, 0.2) is 0 Å². The first-order chi connectivity index (χ1) is 16.0. The van der Waals surface area contributed by atoms with E-state index in [-0.39, 0.29) is 41.2 Å². The fourth-order valence-electron chi connectivity index (χ4n) is 3.57. The highest BCUT2D eigenvalue weighted by molar-refractivity contribution is 8.15.